The van der Waals surface area contributed by atoms with E-state index in [-0.39, 0.29) is 24.3 Å². The Balaban J connectivity index is 0.00000341. The number of hydrogen-bond acceptors (Lipinski definition) is 9. The first kappa shape index (κ1) is 25.2. The fourth-order valence-electron chi connectivity index (χ4n) is 2.91. The monoisotopic (exact) mass is 456 g/mol. The van der Waals surface area contributed by atoms with Gasteiger partial charge in [0.05, 0.1) is 32.5 Å². The summed E-state index contributed by atoms with van der Waals surface area (Å²) in [5.41, 5.74) is 6.06. The highest BCUT2D eigenvalue weighted by Crippen LogP contribution is 2.19. The predicted molar refractivity (Wildman–Crippen MR) is 119 cm³/mol. The summed E-state index contributed by atoms with van der Waals surface area (Å²) in [4.78, 5) is 13.3. The Bertz CT molecular complexity index is 765. The molecule has 2 aromatic rings. The van der Waals surface area contributed by atoms with Crippen molar-refractivity contribution in [3.63, 3.8) is 0 Å². The highest BCUT2D eigenvalue weighted by molar-refractivity contribution is 5.85. The molecule has 9 nitrogen and oxygen atoms in total. The molecule has 0 amide bonds. The van der Waals surface area contributed by atoms with E-state index in [1.165, 1.54) is 12.1 Å². The minimum atomic E-state index is -0.310. The Kier molecular flexibility index (Phi) is 11.4. The molecule has 0 saturated carbocycles. The van der Waals surface area contributed by atoms with Crippen LogP contribution in [0.5, 0.6) is 0 Å². The summed E-state index contributed by atoms with van der Waals surface area (Å²) in [5, 5.41) is 6.36. The number of nitrogens with one attached hydrogen (secondary N) is 2. The first-order chi connectivity index (χ1) is 14.7. The lowest BCUT2D eigenvalue weighted by Gasteiger charge is -2.13. The lowest BCUT2D eigenvalue weighted by molar-refractivity contribution is 0.0547. The average Bonchev–Trinajstić information content (AvgIpc) is 3.28. The number of hydrogen-bond donors (Lipinski definition) is 3. The standard InChI is InChI=1S/C20H29FN6O3.ClH/c21-16-5-3-15(4-6-16)18-25-19(23-8-11-29-13-12-28-10-7-22)27-20(26-18)24-14-17-2-1-9-30-17;/h3-6,17H,1-2,7-14,22H2,(H2,23,24,25,26,27);1H. The maximum Gasteiger partial charge on any atom is 0.228 e. The number of anilines is 2. The van der Waals surface area contributed by atoms with E-state index in [4.69, 9.17) is 19.9 Å². The summed E-state index contributed by atoms with van der Waals surface area (Å²) >= 11 is 0. The number of aromatic nitrogens is 3. The van der Waals surface area contributed by atoms with Crippen molar-refractivity contribution >= 4 is 24.3 Å². The average molecular weight is 457 g/mol. The van der Waals surface area contributed by atoms with Crippen LogP contribution < -0.4 is 16.4 Å². The molecule has 1 fully saturated rings. The maximum atomic E-state index is 13.3. The van der Waals surface area contributed by atoms with E-state index in [0.717, 1.165) is 19.4 Å². The minimum absolute atomic E-state index is 0. The van der Waals surface area contributed by atoms with Crippen molar-refractivity contribution in [3.05, 3.63) is 30.1 Å². The minimum Gasteiger partial charge on any atom is -0.378 e. The van der Waals surface area contributed by atoms with Gasteiger partial charge < -0.3 is 30.6 Å². The molecule has 1 unspecified atom stereocenters. The summed E-state index contributed by atoms with van der Waals surface area (Å²) in [6.45, 7) is 4.44. The molecule has 3 rings (SSSR count). The summed E-state index contributed by atoms with van der Waals surface area (Å²) in [6.07, 6.45) is 2.23. The van der Waals surface area contributed by atoms with Crippen molar-refractivity contribution in [2.45, 2.75) is 18.9 Å². The summed E-state index contributed by atoms with van der Waals surface area (Å²) in [5.74, 6) is 1.01. The largest absolute Gasteiger partial charge is 0.378 e. The molecule has 11 heteroatoms. The number of ether oxygens (including phenoxy) is 3. The fourth-order valence-corrected chi connectivity index (χ4v) is 2.91. The topological polar surface area (TPSA) is 116 Å². The van der Waals surface area contributed by atoms with Gasteiger partial charge in [0, 0.05) is 31.8 Å². The third-order valence-corrected chi connectivity index (χ3v) is 4.41. The van der Waals surface area contributed by atoms with Gasteiger partial charge in [-0.2, -0.15) is 15.0 Å². The molecule has 0 bridgehead atoms. The van der Waals surface area contributed by atoms with Gasteiger partial charge in [0.2, 0.25) is 11.9 Å². The number of benzene rings is 1. The molecule has 4 N–H and O–H groups in total. The molecule has 1 aliphatic rings. The molecule has 172 valence electrons. The molecule has 1 aromatic carbocycles. The van der Waals surface area contributed by atoms with Crippen molar-refractivity contribution < 1.29 is 18.6 Å². The molecule has 0 radical (unpaired) electrons. The van der Waals surface area contributed by atoms with E-state index in [1.807, 2.05) is 0 Å². The molecule has 31 heavy (non-hydrogen) atoms. The number of halogens is 2. The Labute approximate surface area is 187 Å². The van der Waals surface area contributed by atoms with E-state index in [9.17, 15) is 4.39 Å². The van der Waals surface area contributed by atoms with Crippen LogP contribution in [0, 0.1) is 5.82 Å². The van der Waals surface area contributed by atoms with Gasteiger partial charge in [0.1, 0.15) is 5.82 Å². The van der Waals surface area contributed by atoms with Crippen LogP contribution in [0.25, 0.3) is 11.4 Å². The Morgan fingerprint density at radius 2 is 1.71 bits per heavy atom. The van der Waals surface area contributed by atoms with E-state index in [1.54, 1.807) is 12.1 Å². The first-order valence-electron chi connectivity index (χ1n) is 10.2. The second kappa shape index (κ2) is 14.0. The third kappa shape index (κ3) is 8.88. The predicted octanol–water partition coefficient (Wildman–Crippen LogP) is 2.09. The third-order valence-electron chi connectivity index (χ3n) is 4.41. The molecule has 1 aromatic heterocycles. The lowest BCUT2D eigenvalue weighted by Crippen LogP contribution is -2.21. The zero-order valence-electron chi connectivity index (χ0n) is 17.4. The van der Waals surface area contributed by atoms with E-state index < -0.39 is 0 Å². The Morgan fingerprint density at radius 3 is 2.39 bits per heavy atom. The molecular formula is C20H30ClFN6O3. The van der Waals surface area contributed by atoms with Gasteiger partial charge >= 0.3 is 0 Å². The van der Waals surface area contributed by atoms with Gasteiger partial charge in [-0.15, -0.1) is 12.4 Å². The van der Waals surface area contributed by atoms with Gasteiger partial charge in [0.25, 0.3) is 0 Å². The molecule has 1 atom stereocenters. The number of nitrogens with zero attached hydrogens (tertiary/aromatic N) is 3. The zero-order valence-corrected chi connectivity index (χ0v) is 18.2. The van der Waals surface area contributed by atoms with E-state index in [0.29, 0.717) is 69.3 Å². The maximum absolute atomic E-state index is 13.3. The SMILES string of the molecule is Cl.NCCOCCOCCNc1nc(NCC2CCCO2)nc(-c2ccc(F)cc2)n1. The molecular weight excluding hydrogens is 427 g/mol. The molecule has 1 saturated heterocycles. The van der Waals surface area contributed by atoms with Gasteiger partial charge in [-0.25, -0.2) is 4.39 Å². The summed E-state index contributed by atoms with van der Waals surface area (Å²) in [6, 6.07) is 6.05. The normalized spacial score (nSPS) is 15.5. The van der Waals surface area contributed by atoms with Crippen molar-refractivity contribution in [2.75, 3.05) is 63.3 Å². The van der Waals surface area contributed by atoms with Gasteiger partial charge in [0.15, 0.2) is 5.82 Å². The molecule has 0 aliphatic carbocycles. The van der Waals surface area contributed by atoms with Crippen molar-refractivity contribution in [3.8, 4) is 11.4 Å². The van der Waals surface area contributed by atoms with Crippen LogP contribution in [0.3, 0.4) is 0 Å². The van der Waals surface area contributed by atoms with E-state index >= 15 is 0 Å². The molecule has 1 aliphatic heterocycles. The Morgan fingerprint density at radius 1 is 1.00 bits per heavy atom. The lowest BCUT2D eigenvalue weighted by atomic mass is 10.2. The van der Waals surface area contributed by atoms with Crippen LogP contribution in [0.15, 0.2) is 24.3 Å². The van der Waals surface area contributed by atoms with Crippen LogP contribution >= 0.6 is 12.4 Å². The van der Waals surface area contributed by atoms with Crippen molar-refractivity contribution in [1.29, 1.82) is 0 Å². The zero-order chi connectivity index (χ0) is 21.0. The summed E-state index contributed by atoms with van der Waals surface area (Å²) < 4.78 is 29.7. The van der Waals surface area contributed by atoms with Gasteiger partial charge in [-0.05, 0) is 37.1 Å². The highest BCUT2D eigenvalue weighted by Gasteiger charge is 2.16. The quantitative estimate of drug-likeness (QED) is 0.389. The highest BCUT2D eigenvalue weighted by atomic mass is 35.5. The van der Waals surface area contributed by atoms with Gasteiger partial charge in [-0.3, -0.25) is 0 Å². The molecule has 0 spiro atoms. The van der Waals surface area contributed by atoms with Crippen LogP contribution in [-0.2, 0) is 14.2 Å². The van der Waals surface area contributed by atoms with Crippen molar-refractivity contribution in [2.24, 2.45) is 5.73 Å². The fraction of sp³-hybridized carbons (Fsp3) is 0.550. The second-order valence-corrected chi connectivity index (χ2v) is 6.77. The van der Waals surface area contributed by atoms with Crippen LogP contribution in [0.4, 0.5) is 16.3 Å². The van der Waals surface area contributed by atoms with Crippen LogP contribution in [0.1, 0.15) is 12.8 Å². The van der Waals surface area contributed by atoms with Crippen LogP contribution in [0.2, 0.25) is 0 Å². The summed E-state index contributed by atoms with van der Waals surface area (Å²) in [7, 11) is 0. The first-order valence-corrected chi connectivity index (χ1v) is 10.2. The smallest absolute Gasteiger partial charge is 0.228 e. The van der Waals surface area contributed by atoms with Gasteiger partial charge in [-0.1, -0.05) is 0 Å². The molecule has 2 heterocycles. The van der Waals surface area contributed by atoms with Crippen molar-refractivity contribution in [1.82, 2.24) is 15.0 Å². The number of rotatable bonds is 13. The van der Waals surface area contributed by atoms with E-state index in [2.05, 4.69) is 25.6 Å². The second-order valence-electron chi connectivity index (χ2n) is 6.77. The number of nitrogens with two attached hydrogens (primary N) is 1. The van der Waals surface area contributed by atoms with Crippen LogP contribution in [-0.4, -0.2) is 73.7 Å². The Hall–Kier alpha value is -2.11.